The smallest absolute Gasteiger partial charge is 0.127 e. The van der Waals surface area contributed by atoms with Crippen molar-refractivity contribution in [1.82, 2.24) is 0 Å². The van der Waals surface area contributed by atoms with E-state index < -0.39 is 0 Å². The molecular weight excluding hydrogens is 265 g/mol. The first-order valence-electron chi connectivity index (χ1n) is 7.52. The van der Waals surface area contributed by atoms with Crippen LogP contribution in [-0.4, -0.2) is 0 Å². The van der Waals surface area contributed by atoms with Gasteiger partial charge < -0.3 is 10.5 Å². The molecule has 0 bridgehead atoms. The summed E-state index contributed by atoms with van der Waals surface area (Å²) in [6.07, 6.45) is 3.20. The van der Waals surface area contributed by atoms with Gasteiger partial charge in [0.05, 0.1) is 0 Å². The highest BCUT2D eigenvalue weighted by Gasteiger charge is 2.29. The maximum Gasteiger partial charge on any atom is 0.127 e. The monoisotopic (exact) mass is 283 g/mol. The molecule has 4 rings (SSSR count). The molecule has 1 aliphatic heterocycles. The normalized spacial score (nSPS) is 24.3. The first-order chi connectivity index (χ1) is 10.2. The molecule has 2 atom stereocenters. The van der Waals surface area contributed by atoms with Gasteiger partial charge in [0, 0.05) is 24.1 Å². The lowest BCUT2D eigenvalue weighted by atomic mass is 9.92. The molecule has 2 aliphatic rings. The van der Waals surface area contributed by atoms with Crippen molar-refractivity contribution in [2.45, 2.75) is 37.3 Å². The van der Waals surface area contributed by atoms with Crippen molar-refractivity contribution in [1.29, 1.82) is 0 Å². The van der Waals surface area contributed by atoms with Gasteiger partial charge in [0.1, 0.15) is 17.7 Å². The van der Waals surface area contributed by atoms with Crippen LogP contribution in [0.5, 0.6) is 5.75 Å². The highest BCUT2D eigenvalue weighted by Crippen LogP contribution is 2.43. The van der Waals surface area contributed by atoms with E-state index in [1.165, 1.54) is 30.5 Å². The topological polar surface area (TPSA) is 35.2 Å². The van der Waals surface area contributed by atoms with Crippen molar-refractivity contribution < 1.29 is 9.13 Å². The standard InChI is InChI=1S/C18H18FNO/c19-14-6-7-15-16(20)10-17(21-18(15)9-14)13-3-1-2-12(8-13)11-4-5-11/h1-3,6-9,11,16-17H,4-5,10,20H2/t16-,17?/m1/s1. The molecule has 1 fully saturated rings. The summed E-state index contributed by atoms with van der Waals surface area (Å²) in [5.41, 5.74) is 9.65. The van der Waals surface area contributed by atoms with Crippen LogP contribution in [0.15, 0.2) is 42.5 Å². The van der Waals surface area contributed by atoms with Crippen molar-refractivity contribution in [2.75, 3.05) is 0 Å². The number of fused-ring (bicyclic) bond motifs is 1. The van der Waals surface area contributed by atoms with Gasteiger partial charge in [-0.25, -0.2) is 4.39 Å². The van der Waals surface area contributed by atoms with Crippen molar-refractivity contribution >= 4 is 0 Å². The second-order valence-corrected chi connectivity index (χ2v) is 6.08. The van der Waals surface area contributed by atoms with E-state index >= 15 is 0 Å². The van der Waals surface area contributed by atoms with Gasteiger partial charge in [0.25, 0.3) is 0 Å². The average Bonchev–Trinajstić information content (AvgIpc) is 3.31. The molecule has 1 heterocycles. The molecule has 0 aromatic heterocycles. The van der Waals surface area contributed by atoms with E-state index in [1.807, 2.05) is 0 Å². The molecule has 0 radical (unpaired) electrons. The second-order valence-electron chi connectivity index (χ2n) is 6.08. The Morgan fingerprint density at radius 2 is 1.86 bits per heavy atom. The Hall–Kier alpha value is -1.87. The molecule has 0 saturated heterocycles. The molecule has 2 aromatic carbocycles. The number of hydrogen-bond acceptors (Lipinski definition) is 2. The summed E-state index contributed by atoms with van der Waals surface area (Å²) in [6.45, 7) is 0. The first kappa shape index (κ1) is 12.8. The van der Waals surface area contributed by atoms with Gasteiger partial charge in [-0.15, -0.1) is 0 Å². The lowest BCUT2D eigenvalue weighted by molar-refractivity contribution is 0.160. The highest BCUT2D eigenvalue weighted by molar-refractivity contribution is 5.40. The Labute approximate surface area is 123 Å². The number of nitrogens with two attached hydrogens (primary N) is 1. The molecule has 108 valence electrons. The van der Waals surface area contributed by atoms with E-state index in [4.69, 9.17) is 10.5 Å². The van der Waals surface area contributed by atoms with Gasteiger partial charge in [-0.05, 0) is 36.0 Å². The van der Waals surface area contributed by atoms with Crippen LogP contribution in [0, 0.1) is 5.82 Å². The van der Waals surface area contributed by atoms with Gasteiger partial charge in [-0.3, -0.25) is 0 Å². The maximum absolute atomic E-state index is 13.4. The third-order valence-corrected chi connectivity index (χ3v) is 4.44. The molecule has 2 aromatic rings. The third-order valence-electron chi connectivity index (χ3n) is 4.44. The van der Waals surface area contributed by atoms with Crippen molar-refractivity contribution in [3.8, 4) is 5.75 Å². The van der Waals surface area contributed by atoms with Gasteiger partial charge in [0.15, 0.2) is 0 Å². The van der Waals surface area contributed by atoms with Gasteiger partial charge in [-0.1, -0.05) is 30.3 Å². The summed E-state index contributed by atoms with van der Waals surface area (Å²) in [5.74, 6) is 1.01. The number of benzene rings is 2. The van der Waals surface area contributed by atoms with Crippen LogP contribution >= 0.6 is 0 Å². The van der Waals surface area contributed by atoms with E-state index in [1.54, 1.807) is 6.07 Å². The second kappa shape index (κ2) is 4.85. The van der Waals surface area contributed by atoms with Gasteiger partial charge >= 0.3 is 0 Å². The molecule has 3 heteroatoms. The Morgan fingerprint density at radius 1 is 1.05 bits per heavy atom. The lowest BCUT2D eigenvalue weighted by Gasteiger charge is -2.30. The molecule has 0 amide bonds. The summed E-state index contributed by atoms with van der Waals surface area (Å²) in [7, 11) is 0. The number of halogens is 1. The average molecular weight is 283 g/mol. The molecule has 2 nitrogen and oxygen atoms in total. The van der Waals surface area contributed by atoms with Crippen LogP contribution in [0.4, 0.5) is 4.39 Å². The maximum atomic E-state index is 13.4. The van der Waals surface area contributed by atoms with E-state index in [0.717, 1.165) is 17.5 Å². The predicted octanol–water partition coefficient (Wildman–Crippen LogP) is 4.23. The Kier molecular flexibility index (Phi) is 2.96. The van der Waals surface area contributed by atoms with Crippen LogP contribution in [0.3, 0.4) is 0 Å². The fourth-order valence-electron chi connectivity index (χ4n) is 3.11. The molecule has 1 saturated carbocycles. The van der Waals surface area contributed by atoms with E-state index in [0.29, 0.717) is 11.7 Å². The third kappa shape index (κ3) is 2.42. The summed E-state index contributed by atoms with van der Waals surface area (Å²) in [6, 6.07) is 13.1. The summed E-state index contributed by atoms with van der Waals surface area (Å²) >= 11 is 0. The van der Waals surface area contributed by atoms with E-state index in [-0.39, 0.29) is 18.0 Å². The molecular formula is C18H18FNO. The minimum atomic E-state index is -0.284. The lowest BCUT2D eigenvalue weighted by Crippen LogP contribution is -2.24. The number of ether oxygens (including phenoxy) is 1. The largest absolute Gasteiger partial charge is 0.485 e. The van der Waals surface area contributed by atoms with Crippen molar-refractivity contribution in [2.24, 2.45) is 5.73 Å². The summed E-state index contributed by atoms with van der Waals surface area (Å²) in [5, 5.41) is 0. The van der Waals surface area contributed by atoms with Gasteiger partial charge in [0.2, 0.25) is 0 Å². The van der Waals surface area contributed by atoms with Crippen LogP contribution in [0.2, 0.25) is 0 Å². The Balaban J connectivity index is 1.66. The molecule has 21 heavy (non-hydrogen) atoms. The minimum absolute atomic E-state index is 0.0898. The summed E-state index contributed by atoms with van der Waals surface area (Å²) in [4.78, 5) is 0. The van der Waals surface area contributed by atoms with Crippen LogP contribution in [0.1, 0.15) is 54.0 Å². The first-order valence-corrected chi connectivity index (χ1v) is 7.52. The number of rotatable bonds is 2. The molecule has 2 N–H and O–H groups in total. The van der Waals surface area contributed by atoms with E-state index in [2.05, 4.69) is 24.3 Å². The van der Waals surface area contributed by atoms with Crippen LogP contribution in [0.25, 0.3) is 0 Å². The zero-order valence-corrected chi connectivity index (χ0v) is 11.8. The van der Waals surface area contributed by atoms with Crippen LogP contribution < -0.4 is 10.5 Å². The SMILES string of the molecule is N[C@@H]1CC(c2cccc(C3CC3)c2)Oc2cc(F)ccc21. The number of hydrogen-bond donors (Lipinski definition) is 1. The fraction of sp³-hybridized carbons (Fsp3) is 0.333. The molecule has 1 aliphatic carbocycles. The quantitative estimate of drug-likeness (QED) is 0.895. The van der Waals surface area contributed by atoms with Gasteiger partial charge in [-0.2, -0.15) is 0 Å². The zero-order chi connectivity index (χ0) is 14.4. The van der Waals surface area contributed by atoms with E-state index in [9.17, 15) is 4.39 Å². The highest BCUT2D eigenvalue weighted by atomic mass is 19.1. The Bertz CT molecular complexity index is 681. The Morgan fingerprint density at radius 3 is 2.67 bits per heavy atom. The molecule has 1 unspecified atom stereocenters. The van der Waals surface area contributed by atoms with Crippen molar-refractivity contribution in [3.63, 3.8) is 0 Å². The predicted molar refractivity (Wildman–Crippen MR) is 79.7 cm³/mol. The van der Waals surface area contributed by atoms with Crippen molar-refractivity contribution in [3.05, 3.63) is 65.0 Å². The minimum Gasteiger partial charge on any atom is -0.485 e. The van der Waals surface area contributed by atoms with Crippen LogP contribution in [-0.2, 0) is 0 Å². The zero-order valence-electron chi connectivity index (χ0n) is 11.8. The summed E-state index contributed by atoms with van der Waals surface area (Å²) < 4.78 is 19.4. The fourth-order valence-corrected chi connectivity index (χ4v) is 3.11. The molecule has 0 spiro atoms.